The topological polar surface area (TPSA) is 74.2 Å². The van der Waals surface area contributed by atoms with Crippen molar-refractivity contribution in [1.82, 2.24) is 20.3 Å². The third kappa shape index (κ3) is 4.12. The number of rotatable bonds is 5. The molecule has 2 amide bonds. The van der Waals surface area contributed by atoms with Gasteiger partial charge in [-0.05, 0) is 41.3 Å². The summed E-state index contributed by atoms with van der Waals surface area (Å²) in [4.78, 5) is 30.8. The minimum absolute atomic E-state index is 0.0125. The summed E-state index contributed by atoms with van der Waals surface area (Å²) in [6.07, 6.45) is 7.36. The summed E-state index contributed by atoms with van der Waals surface area (Å²) >= 11 is 1.75. The molecule has 1 N–H and O–H groups in total. The number of aromatic nitrogens is 3. The molecule has 4 aromatic rings. The lowest BCUT2D eigenvalue weighted by Gasteiger charge is -2.29. The number of anilines is 2. The first-order chi connectivity index (χ1) is 16.7. The van der Waals surface area contributed by atoms with E-state index in [4.69, 9.17) is 4.98 Å². The van der Waals surface area contributed by atoms with E-state index in [2.05, 4.69) is 62.6 Å². The highest BCUT2D eigenvalue weighted by atomic mass is 32.1. The van der Waals surface area contributed by atoms with Crippen LogP contribution in [0.3, 0.4) is 0 Å². The molecular weight excluding hydrogens is 444 g/mol. The molecule has 6 rings (SSSR count). The molecule has 1 saturated heterocycles. The number of hydrogen-bond acceptors (Lipinski definition) is 6. The lowest BCUT2D eigenvalue weighted by Crippen LogP contribution is -2.31. The van der Waals surface area contributed by atoms with Crippen molar-refractivity contribution in [2.75, 3.05) is 29.4 Å². The highest BCUT2D eigenvalue weighted by Gasteiger charge is 2.24. The fraction of sp³-hybridized carbons (Fsp3) is 0.231. The van der Waals surface area contributed by atoms with Crippen LogP contribution >= 0.6 is 11.3 Å². The molecule has 0 spiro atoms. The van der Waals surface area contributed by atoms with E-state index in [0.717, 1.165) is 54.7 Å². The normalized spacial score (nSPS) is 15.4. The Morgan fingerprint density at radius 1 is 0.971 bits per heavy atom. The molecule has 2 aliphatic heterocycles. The van der Waals surface area contributed by atoms with Crippen molar-refractivity contribution in [3.05, 3.63) is 88.7 Å². The predicted octanol–water partition coefficient (Wildman–Crippen LogP) is 4.28. The molecule has 0 atom stereocenters. The Balaban J connectivity index is 1.15. The average Bonchev–Trinajstić information content (AvgIpc) is 3.53. The fourth-order valence-electron chi connectivity index (χ4n) is 4.54. The zero-order chi connectivity index (χ0) is 22.9. The van der Waals surface area contributed by atoms with Crippen LogP contribution in [-0.4, -0.2) is 40.6 Å². The first kappa shape index (κ1) is 20.8. The SMILES string of the molecule is O=C1NCCN1c1ccc2c(c1)CN(c1ncc(Cc3ccc(-c4ncccn4)cc3)s1)CC2. The molecule has 2 aromatic carbocycles. The van der Waals surface area contributed by atoms with Crippen molar-refractivity contribution in [1.29, 1.82) is 0 Å². The van der Waals surface area contributed by atoms with E-state index in [1.54, 1.807) is 23.7 Å². The van der Waals surface area contributed by atoms with Gasteiger partial charge in [-0.1, -0.05) is 30.3 Å². The van der Waals surface area contributed by atoms with Gasteiger partial charge in [-0.3, -0.25) is 4.90 Å². The smallest absolute Gasteiger partial charge is 0.321 e. The van der Waals surface area contributed by atoms with E-state index >= 15 is 0 Å². The van der Waals surface area contributed by atoms with Crippen LogP contribution in [0.25, 0.3) is 11.4 Å². The van der Waals surface area contributed by atoms with Crippen molar-refractivity contribution < 1.29 is 4.79 Å². The molecule has 0 saturated carbocycles. The molecule has 2 aromatic heterocycles. The zero-order valence-corrected chi connectivity index (χ0v) is 19.5. The molecule has 0 bridgehead atoms. The molecule has 34 heavy (non-hydrogen) atoms. The molecule has 2 aliphatic rings. The highest BCUT2D eigenvalue weighted by molar-refractivity contribution is 7.15. The van der Waals surface area contributed by atoms with Crippen molar-refractivity contribution >= 4 is 28.2 Å². The van der Waals surface area contributed by atoms with Crippen molar-refractivity contribution in [3.63, 3.8) is 0 Å². The maximum atomic E-state index is 12.1. The lowest BCUT2D eigenvalue weighted by molar-refractivity contribution is 0.252. The Bertz CT molecular complexity index is 1320. The summed E-state index contributed by atoms with van der Waals surface area (Å²) in [6, 6.07) is 16.6. The Kier molecular flexibility index (Phi) is 5.43. The minimum Gasteiger partial charge on any atom is -0.343 e. The number of carbonyl (C=O) groups excluding carboxylic acids is 1. The maximum Gasteiger partial charge on any atom is 0.321 e. The Morgan fingerprint density at radius 3 is 2.62 bits per heavy atom. The van der Waals surface area contributed by atoms with Crippen LogP contribution in [0.4, 0.5) is 15.6 Å². The number of nitrogens with one attached hydrogen (secondary N) is 1. The quantitative estimate of drug-likeness (QED) is 0.473. The minimum atomic E-state index is -0.0125. The first-order valence-corrected chi connectivity index (χ1v) is 12.3. The second-order valence-corrected chi connectivity index (χ2v) is 9.66. The number of fused-ring (bicyclic) bond motifs is 1. The molecule has 0 aliphatic carbocycles. The van der Waals surface area contributed by atoms with Gasteiger partial charge in [0.15, 0.2) is 11.0 Å². The van der Waals surface area contributed by atoms with Crippen LogP contribution in [0.2, 0.25) is 0 Å². The summed E-state index contributed by atoms with van der Waals surface area (Å²) in [7, 11) is 0. The zero-order valence-electron chi connectivity index (χ0n) is 18.6. The molecule has 0 unspecified atom stereocenters. The first-order valence-electron chi connectivity index (χ1n) is 11.5. The third-order valence-corrected chi connectivity index (χ3v) is 7.40. The number of nitrogens with zero attached hydrogens (tertiary/aromatic N) is 5. The predicted molar refractivity (Wildman–Crippen MR) is 134 cm³/mol. The summed E-state index contributed by atoms with van der Waals surface area (Å²) in [6.45, 7) is 3.19. The standard InChI is InChI=1S/C26H24N6OS/c33-25-29-11-13-32(25)22-7-6-19-8-12-31(17-21(19)15-22)26-30-16-23(34-26)14-18-2-4-20(5-3-18)24-27-9-1-10-28-24/h1-7,9-10,15-16H,8,11-14,17H2,(H,29,33). The summed E-state index contributed by atoms with van der Waals surface area (Å²) < 4.78 is 0. The van der Waals surface area contributed by atoms with Gasteiger partial charge in [-0.15, -0.1) is 11.3 Å². The van der Waals surface area contributed by atoms with E-state index < -0.39 is 0 Å². The molecular formula is C26H24N6OS. The van der Waals surface area contributed by atoms with Crippen LogP contribution in [0.15, 0.2) is 67.1 Å². The van der Waals surface area contributed by atoms with Gasteiger partial charge in [-0.2, -0.15) is 0 Å². The molecule has 1 fully saturated rings. The van der Waals surface area contributed by atoms with Crippen LogP contribution in [0.1, 0.15) is 21.6 Å². The molecule has 170 valence electrons. The number of amides is 2. The van der Waals surface area contributed by atoms with Gasteiger partial charge in [-0.25, -0.2) is 19.7 Å². The van der Waals surface area contributed by atoms with Crippen LogP contribution < -0.4 is 15.1 Å². The van der Waals surface area contributed by atoms with Gasteiger partial charge in [0.2, 0.25) is 0 Å². The molecule has 0 radical (unpaired) electrons. The van der Waals surface area contributed by atoms with Crippen LogP contribution in [0.5, 0.6) is 0 Å². The van der Waals surface area contributed by atoms with Crippen LogP contribution in [-0.2, 0) is 19.4 Å². The van der Waals surface area contributed by atoms with E-state index in [-0.39, 0.29) is 6.03 Å². The monoisotopic (exact) mass is 468 g/mol. The van der Waals surface area contributed by atoms with E-state index in [1.165, 1.54) is 21.6 Å². The number of thiazole rings is 1. The summed E-state index contributed by atoms with van der Waals surface area (Å²) in [5.41, 5.74) is 5.87. The summed E-state index contributed by atoms with van der Waals surface area (Å²) in [5, 5.41) is 3.93. The molecule has 4 heterocycles. The molecule has 8 heteroatoms. The van der Waals surface area contributed by atoms with Crippen molar-refractivity contribution in [2.45, 2.75) is 19.4 Å². The number of carbonyl (C=O) groups is 1. The van der Waals surface area contributed by atoms with Gasteiger partial charge in [0.25, 0.3) is 0 Å². The molecule has 7 nitrogen and oxygen atoms in total. The van der Waals surface area contributed by atoms with Crippen molar-refractivity contribution in [2.24, 2.45) is 0 Å². The van der Waals surface area contributed by atoms with E-state index in [9.17, 15) is 4.79 Å². The second kappa shape index (κ2) is 8.87. The largest absolute Gasteiger partial charge is 0.343 e. The second-order valence-electron chi connectivity index (χ2n) is 8.56. The number of hydrogen-bond donors (Lipinski definition) is 1. The lowest BCUT2D eigenvalue weighted by atomic mass is 9.99. The Morgan fingerprint density at radius 2 is 1.82 bits per heavy atom. The van der Waals surface area contributed by atoms with Gasteiger partial charge < -0.3 is 10.2 Å². The van der Waals surface area contributed by atoms with Gasteiger partial charge in [0.1, 0.15) is 0 Å². The Labute approximate surface area is 202 Å². The average molecular weight is 469 g/mol. The fourth-order valence-corrected chi connectivity index (χ4v) is 5.51. The van der Waals surface area contributed by atoms with E-state index in [0.29, 0.717) is 6.54 Å². The van der Waals surface area contributed by atoms with Crippen LogP contribution in [0, 0.1) is 0 Å². The van der Waals surface area contributed by atoms with E-state index in [1.807, 2.05) is 17.2 Å². The van der Waals surface area contributed by atoms with Gasteiger partial charge in [0, 0.05) is 67.3 Å². The maximum absolute atomic E-state index is 12.1. The van der Waals surface area contributed by atoms with Crippen molar-refractivity contribution in [3.8, 4) is 11.4 Å². The highest BCUT2D eigenvalue weighted by Crippen LogP contribution is 2.31. The Hall–Kier alpha value is -3.78. The van der Waals surface area contributed by atoms with Gasteiger partial charge in [0.05, 0.1) is 0 Å². The third-order valence-electron chi connectivity index (χ3n) is 6.34. The summed E-state index contributed by atoms with van der Waals surface area (Å²) in [5.74, 6) is 0.744. The number of urea groups is 1. The number of benzene rings is 2. The van der Waals surface area contributed by atoms with Gasteiger partial charge >= 0.3 is 6.03 Å².